The van der Waals surface area contributed by atoms with Gasteiger partial charge in [0.1, 0.15) is 11.5 Å². The highest BCUT2D eigenvalue weighted by molar-refractivity contribution is 7.80. The Morgan fingerprint density at radius 3 is 2.52 bits per heavy atom. The molecule has 0 atom stereocenters. The van der Waals surface area contributed by atoms with Crippen LogP contribution in [0.15, 0.2) is 42.5 Å². The van der Waals surface area contributed by atoms with Crippen LogP contribution in [0.4, 0.5) is 11.4 Å². The molecule has 0 amide bonds. The molecule has 0 bridgehead atoms. The van der Waals surface area contributed by atoms with Gasteiger partial charge in [-0.05, 0) is 42.5 Å². The molecular weight excluding hydrogens is 308 g/mol. The summed E-state index contributed by atoms with van der Waals surface area (Å²) in [5.74, 6) is 1.36. The molecule has 0 aromatic heterocycles. The third-order valence-electron chi connectivity index (χ3n) is 2.74. The number of thiocarbonyl (C=S) groups is 1. The summed E-state index contributed by atoms with van der Waals surface area (Å²) in [6.45, 7) is 0. The molecule has 0 saturated carbocycles. The van der Waals surface area contributed by atoms with Crippen LogP contribution in [0.5, 0.6) is 11.5 Å². The molecule has 0 aliphatic heterocycles. The molecule has 6 heteroatoms. The summed E-state index contributed by atoms with van der Waals surface area (Å²) < 4.78 is 10.5. The zero-order valence-corrected chi connectivity index (χ0v) is 13.2. The number of hydrogen-bond donors (Lipinski definition) is 2. The van der Waals surface area contributed by atoms with E-state index in [1.54, 1.807) is 32.4 Å². The smallest absolute Gasteiger partial charge is 0.175 e. The number of nitrogens with one attached hydrogen (secondary N) is 2. The zero-order chi connectivity index (χ0) is 15.2. The van der Waals surface area contributed by atoms with E-state index in [0.717, 1.165) is 11.4 Å². The molecule has 2 aromatic carbocycles. The highest BCUT2D eigenvalue weighted by atomic mass is 35.5. The summed E-state index contributed by atoms with van der Waals surface area (Å²) in [4.78, 5) is 0. The molecule has 2 N–H and O–H groups in total. The average molecular weight is 323 g/mol. The molecule has 0 unspecified atom stereocenters. The first kappa shape index (κ1) is 15.4. The van der Waals surface area contributed by atoms with Crippen LogP contribution in [0, 0.1) is 0 Å². The summed E-state index contributed by atoms with van der Waals surface area (Å²) in [6.07, 6.45) is 0. The molecule has 21 heavy (non-hydrogen) atoms. The minimum absolute atomic E-state index is 0.445. The second kappa shape index (κ2) is 7.15. The van der Waals surface area contributed by atoms with E-state index in [9.17, 15) is 0 Å². The van der Waals surface area contributed by atoms with Crippen LogP contribution in [0.1, 0.15) is 0 Å². The van der Waals surface area contributed by atoms with Crippen molar-refractivity contribution in [3.8, 4) is 11.5 Å². The van der Waals surface area contributed by atoms with Crippen molar-refractivity contribution in [1.29, 1.82) is 0 Å². The standard InChI is InChI=1S/C15H15ClN2O2S/c1-19-12-6-7-13(14(9-12)20-2)18-15(21)17-11-5-3-4-10(16)8-11/h3-9H,1-2H3,(H2,17,18,21). The lowest BCUT2D eigenvalue weighted by Gasteiger charge is -2.14. The van der Waals surface area contributed by atoms with Gasteiger partial charge >= 0.3 is 0 Å². The lowest BCUT2D eigenvalue weighted by atomic mass is 10.2. The Balaban J connectivity index is 2.09. The van der Waals surface area contributed by atoms with E-state index in [1.807, 2.05) is 24.3 Å². The molecule has 0 radical (unpaired) electrons. The largest absolute Gasteiger partial charge is 0.497 e. The summed E-state index contributed by atoms with van der Waals surface area (Å²) in [5, 5.41) is 7.23. The van der Waals surface area contributed by atoms with Crippen molar-refractivity contribution in [2.45, 2.75) is 0 Å². The maximum absolute atomic E-state index is 5.93. The van der Waals surface area contributed by atoms with Gasteiger partial charge in [-0.1, -0.05) is 17.7 Å². The predicted molar refractivity (Wildman–Crippen MR) is 90.8 cm³/mol. The first-order valence-corrected chi connectivity index (χ1v) is 6.96. The van der Waals surface area contributed by atoms with Crippen molar-refractivity contribution in [1.82, 2.24) is 0 Å². The van der Waals surface area contributed by atoms with Crippen LogP contribution in [-0.4, -0.2) is 19.3 Å². The molecule has 4 nitrogen and oxygen atoms in total. The Bertz CT molecular complexity index is 649. The molecule has 0 saturated heterocycles. The Hall–Kier alpha value is -1.98. The minimum Gasteiger partial charge on any atom is -0.497 e. The Morgan fingerprint density at radius 2 is 1.86 bits per heavy atom. The third kappa shape index (κ3) is 4.24. The van der Waals surface area contributed by atoms with Gasteiger partial charge in [0.05, 0.1) is 19.9 Å². The first-order valence-electron chi connectivity index (χ1n) is 6.18. The fourth-order valence-corrected chi connectivity index (χ4v) is 2.17. The SMILES string of the molecule is COc1ccc(NC(=S)Nc2cccc(Cl)c2)c(OC)c1. The van der Waals surface area contributed by atoms with E-state index >= 15 is 0 Å². The van der Waals surface area contributed by atoms with Crippen LogP contribution in [0.2, 0.25) is 5.02 Å². The van der Waals surface area contributed by atoms with Gasteiger partial charge in [-0.2, -0.15) is 0 Å². The fraction of sp³-hybridized carbons (Fsp3) is 0.133. The lowest BCUT2D eigenvalue weighted by Crippen LogP contribution is -2.19. The van der Waals surface area contributed by atoms with E-state index in [2.05, 4.69) is 10.6 Å². The van der Waals surface area contributed by atoms with Crippen LogP contribution in [0.3, 0.4) is 0 Å². The molecule has 0 spiro atoms. The van der Waals surface area contributed by atoms with Gasteiger partial charge in [0, 0.05) is 16.8 Å². The molecule has 0 aliphatic rings. The van der Waals surface area contributed by atoms with Crippen molar-refractivity contribution in [2.75, 3.05) is 24.9 Å². The zero-order valence-electron chi connectivity index (χ0n) is 11.6. The highest BCUT2D eigenvalue weighted by Crippen LogP contribution is 2.29. The van der Waals surface area contributed by atoms with Crippen molar-refractivity contribution >= 4 is 40.3 Å². The number of hydrogen-bond acceptors (Lipinski definition) is 3. The maximum Gasteiger partial charge on any atom is 0.175 e. The third-order valence-corrected chi connectivity index (χ3v) is 3.18. The topological polar surface area (TPSA) is 42.5 Å². The number of methoxy groups -OCH3 is 2. The van der Waals surface area contributed by atoms with E-state index in [-0.39, 0.29) is 0 Å². The summed E-state index contributed by atoms with van der Waals surface area (Å²) in [6, 6.07) is 12.8. The molecule has 0 aliphatic carbocycles. The van der Waals surface area contributed by atoms with Crippen molar-refractivity contribution in [3.05, 3.63) is 47.5 Å². The van der Waals surface area contributed by atoms with Gasteiger partial charge in [0.2, 0.25) is 0 Å². The van der Waals surface area contributed by atoms with E-state index in [1.165, 1.54) is 0 Å². The molecule has 2 rings (SSSR count). The van der Waals surface area contributed by atoms with Crippen molar-refractivity contribution in [2.24, 2.45) is 0 Å². The Morgan fingerprint density at radius 1 is 1.05 bits per heavy atom. The molecular formula is C15H15ClN2O2S. The van der Waals surface area contributed by atoms with Crippen LogP contribution in [0.25, 0.3) is 0 Å². The van der Waals surface area contributed by atoms with Gasteiger partial charge < -0.3 is 20.1 Å². The van der Waals surface area contributed by atoms with Crippen molar-refractivity contribution in [3.63, 3.8) is 0 Å². The second-order valence-corrected chi connectivity index (χ2v) is 5.00. The van der Waals surface area contributed by atoms with Crippen LogP contribution >= 0.6 is 23.8 Å². The summed E-state index contributed by atoms with van der Waals surface area (Å²) in [5.41, 5.74) is 1.56. The number of benzene rings is 2. The average Bonchev–Trinajstić information content (AvgIpc) is 2.47. The first-order chi connectivity index (χ1) is 10.1. The van der Waals surface area contributed by atoms with Gasteiger partial charge in [0.25, 0.3) is 0 Å². The number of anilines is 2. The van der Waals surface area contributed by atoms with E-state index in [0.29, 0.717) is 21.6 Å². The predicted octanol–water partition coefficient (Wildman–Crippen LogP) is 4.17. The molecule has 0 fully saturated rings. The van der Waals surface area contributed by atoms with Gasteiger partial charge in [0.15, 0.2) is 5.11 Å². The van der Waals surface area contributed by atoms with E-state index < -0.39 is 0 Å². The fourth-order valence-electron chi connectivity index (χ4n) is 1.75. The molecule has 0 heterocycles. The van der Waals surface area contributed by atoms with Crippen molar-refractivity contribution < 1.29 is 9.47 Å². The highest BCUT2D eigenvalue weighted by Gasteiger charge is 2.07. The Kier molecular flexibility index (Phi) is 5.25. The van der Waals surface area contributed by atoms with Crippen LogP contribution < -0.4 is 20.1 Å². The number of halogens is 1. The van der Waals surface area contributed by atoms with Crippen LogP contribution in [-0.2, 0) is 0 Å². The summed E-state index contributed by atoms with van der Waals surface area (Å²) in [7, 11) is 3.20. The lowest BCUT2D eigenvalue weighted by molar-refractivity contribution is 0.395. The minimum atomic E-state index is 0.445. The van der Waals surface area contributed by atoms with Gasteiger partial charge in [-0.25, -0.2) is 0 Å². The maximum atomic E-state index is 5.93. The monoisotopic (exact) mass is 322 g/mol. The second-order valence-electron chi connectivity index (χ2n) is 4.16. The molecule has 2 aromatic rings. The molecule has 110 valence electrons. The number of rotatable bonds is 4. The van der Waals surface area contributed by atoms with E-state index in [4.69, 9.17) is 33.3 Å². The summed E-state index contributed by atoms with van der Waals surface area (Å²) >= 11 is 11.2. The quantitative estimate of drug-likeness (QED) is 0.827. The van der Waals surface area contributed by atoms with Gasteiger partial charge in [-0.15, -0.1) is 0 Å². The Labute approximate surface area is 134 Å². The number of ether oxygens (including phenoxy) is 2. The normalized spacial score (nSPS) is 9.86. The van der Waals surface area contributed by atoms with Gasteiger partial charge in [-0.3, -0.25) is 0 Å².